The molecular weight excluding hydrogens is 288 g/mol. The molecule has 0 radical (unpaired) electrons. The lowest BCUT2D eigenvalue weighted by Crippen LogP contribution is -2.11. The Morgan fingerprint density at radius 3 is 2.62 bits per heavy atom. The number of aromatic hydroxyl groups is 1. The highest BCUT2D eigenvalue weighted by Crippen LogP contribution is 2.20. The smallest absolute Gasteiger partial charge is 0.255 e. The summed E-state index contributed by atoms with van der Waals surface area (Å²) in [6, 6.07) is 11.0. The molecule has 0 saturated heterocycles. The molecule has 0 atom stereocenters. The fraction of sp³-hybridized carbons (Fsp3) is 0.0625. The van der Waals surface area contributed by atoms with Crippen molar-refractivity contribution in [3.05, 3.63) is 58.6 Å². The fourth-order valence-electron chi connectivity index (χ4n) is 1.66. The van der Waals surface area contributed by atoms with Crippen molar-refractivity contribution in [1.82, 2.24) is 0 Å². The van der Waals surface area contributed by atoms with Gasteiger partial charge >= 0.3 is 0 Å². The number of phenols is 1. The second-order valence-electron chi connectivity index (χ2n) is 4.20. The Morgan fingerprint density at radius 1 is 1.24 bits per heavy atom. The molecule has 0 bridgehead atoms. The summed E-state index contributed by atoms with van der Waals surface area (Å²) >= 11 is 6.02. The number of halogens is 1. The molecule has 4 nitrogen and oxygen atoms in total. The lowest BCUT2D eigenvalue weighted by atomic mass is 10.1. The second kappa shape index (κ2) is 6.80. The SMILES string of the molecule is NCC#Cc1cc(NC(=O)c2ccc(O)cc2)ccc1Cl. The predicted molar refractivity (Wildman–Crippen MR) is 83.4 cm³/mol. The minimum atomic E-state index is -0.282. The van der Waals surface area contributed by atoms with Crippen LogP contribution in [0.5, 0.6) is 5.75 Å². The molecule has 0 aliphatic heterocycles. The van der Waals surface area contributed by atoms with Gasteiger partial charge in [0.15, 0.2) is 0 Å². The summed E-state index contributed by atoms with van der Waals surface area (Å²) < 4.78 is 0. The summed E-state index contributed by atoms with van der Waals surface area (Å²) in [6.07, 6.45) is 0. The van der Waals surface area contributed by atoms with E-state index in [2.05, 4.69) is 17.2 Å². The molecular formula is C16H13ClN2O2. The number of amides is 1. The number of carbonyl (C=O) groups excluding carboxylic acids is 1. The predicted octanol–water partition coefficient (Wildman–Crippen LogP) is 2.61. The van der Waals surface area contributed by atoms with E-state index in [-0.39, 0.29) is 18.2 Å². The van der Waals surface area contributed by atoms with Gasteiger partial charge in [-0.15, -0.1) is 0 Å². The van der Waals surface area contributed by atoms with Crippen molar-refractivity contribution in [1.29, 1.82) is 0 Å². The Kier molecular flexibility index (Phi) is 4.83. The Hall–Kier alpha value is -2.48. The highest BCUT2D eigenvalue weighted by atomic mass is 35.5. The summed E-state index contributed by atoms with van der Waals surface area (Å²) in [5.74, 6) is 5.39. The van der Waals surface area contributed by atoms with Gasteiger partial charge in [0.1, 0.15) is 5.75 Å². The number of benzene rings is 2. The third-order valence-electron chi connectivity index (χ3n) is 2.68. The zero-order valence-corrected chi connectivity index (χ0v) is 11.8. The summed E-state index contributed by atoms with van der Waals surface area (Å²) in [7, 11) is 0. The number of carbonyl (C=O) groups is 1. The molecule has 21 heavy (non-hydrogen) atoms. The number of hydrogen-bond donors (Lipinski definition) is 3. The van der Waals surface area contributed by atoms with Gasteiger partial charge in [-0.3, -0.25) is 4.79 Å². The zero-order chi connectivity index (χ0) is 15.2. The molecule has 2 rings (SSSR count). The monoisotopic (exact) mass is 300 g/mol. The Labute approximate surface area is 127 Å². The highest BCUT2D eigenvalue weighted by molar-refractivity contribution is 6.31. The van der Waals surface area contributed by atoms with Crippen molar-refractivity contribution in [3.8, 4) is 17.6 Å². The normalized spacial score (nSPS) is 9.62. The van der Waals surface area contributed by atoms with Gasteiger partial charge in [-0.2, -0.15) is 0 Å². The van der Waals surface area contributed by atoms with Crippen LogP contribution >= 0.6 is 11.6 Å². The van der Waals surface area contributed by atoms with Crippen LogP contribution in [0.25, 0.3) is 0 Å². The molecule has 0 aliphatic rings. The number of phenolic OH excluding ortho intramolecular Hbond substituents is 1. The van der Waals surface area contributed by atoms with Gasteiger partial charge in [0.2, 0.25) is 0 Å². The van der Waals surface area contributed by atoms with Crippen molar-refractivity contribution in [3.63, 3.8) is 0 Å². The topological polar surface area (TPSA) is 75.3 Å². The van der Waals surface area contributed by atoms with E-state index in [0.29, 0.717) is 21.8 Å². The van der Waals surface area contributed by atoms with Crippen LogP contribution in [-0.4, -0.2) is 17.6 Å². The Balaban J connectivity index is 2.19. The fourth-order valence-corrected chi connectivity index (χ4v) is 1.83. The van der Waals surface area contributed by atoms with E-state index in [1.807, 2.05) is 0 Å². The van der Waals surface area contributed by atoms with Crippen LogP contribution in [0.15, 0.2) is 42.5 Å². The minimum Gasteiger partial charge on any atom is -0.508 e. The molecule has 1 amide bonds. The molecule has 0 spiro atoms. The van der Waals surface area contributed by atoms with Gasteiger partial charge in [0, 0.05) is 16.8 Å². The molecule has 0 fully saturated rings. The van der Waals surface area contributed by atoms with E-state index in [4.69, 9.17) is 17.3 Å². The van der Waals surface area contributed by atoms with Gasteiger partial charge in [-0.1, -0.05) is 23.4 Å². The number of anilines is 1. The molecule has 106 valence electrons. The van der Waals surface area contributed by atoms with Gasteiger partial charge in [-0.05, 0) is 42.5 Å². The van der Waals surface area contributed by atoms with Crippen molar-refractivity contribution in [2.24, 2.45) is 5.73 Å². The first-order valence-electron chi connectivity index (χ1n) is 6.19. The first-order valence-corrected chi connectivity index (χ1v) is 6.57. The highest BCUT2D eigenvalue weighted by Gasteiger charge is 2.07. The van der Waals surface area contributed by atoms with Crippen molar-refractivity contribution in [2.75, 3.05) is 11.9 Å². The second-order valence-corrected chi connectivity index (χ2v) is 4.61. The molecule has 0 aromatic heterocycles. The van der Waals surface area contributed by atoms with Gasteiger partial charge < -0.3 is 16.2 Å². The van der Waals surface area contributed by atoms with Gasteiger partial charge in [0.05, 0.1) is 11.6 Å². The van der Waals surface area contributed by atoms with Crippen molar-refractivity contribution < 1.29 is 9.90 Å². The van der Waals surface area contributed by atoms with Crippen LogP contribution in [0.4, 0.5) is 5.69 Å². The third-order valence-corrected chi connectivity index (χ3v) is 3.01. The molecule has 0 aliphatic carbocycles. The standard InChI is InChI=1S/C16H13ClN2O2/c17-15-8-5-13(10-12(15)2-1-9-18)19-16(21)11-3-6-14(20)7-4-11/h3-8,10,20H,9,18H2,(H,19,21). The molecule has 2 aromatic carbocycles. The van der Waals surface area contributed by atoms with Crippen LogP contribution in [0, 0.1) is 11.8 Å². The van der Waals surface area contributed by atoms with E-state index in [9.17, 15) is 9.90 Å². The quantitative estimate of drug-likeness (QED) is 0.746. The van der Waals surface area contributed by atoms with Crippen LogP contribution < -0.4 is 11.1 Å². The first-order chi connectivity index (χ1) is 10.1. The molecule has 4 N–H and O–H groups in total. The van der Waals surface area contributed by atoms with E-state index in [1.165, 1.54) is 24.3 Å². The molecule has 2 aromatic rings. The maximum absolute atomic E-state index is 12.1. The maximum Gasteiger partial charge on any atom is 0.255 e. The Bertz CT molecular complexity index is 715. The minimum absolute atomic E-state index is 0.109. The number of nitrogens with two attached hydrogens (primary N) is 1. The third kappa shape index (κ3) is 3.99. The van der Waals surface area contributed by atoms with Gasteiger partial charge in [0.25, 0.3) is 5.91 Å². The lowest BCUT2D eigenvalue weighted by molar-refractivity contribution is 0.102. The molecule has 5 heteroatoms. The van der Waals surface area contributed by atoms with Gasteiger partial charge in [-0.25, -0.2) is 0 Å². The molecule has 0 heterocycles. The van der Waals surface area contributed by atoms with E-state index in [1.54, 1.807) is 18.2 Å². The Morgan fingerprint density at radius 2 is 1.95 bits per heavy atom. The van der Waals surface area contributed by atoms with Crippen LogP contribution in [0.2, 0.25) is 5.02 Å². The zero-order valence-electron chi connectivity index (χ0n) is 11.1. The largest absolute Gasteiger partial charge is 0.508 e. The van der Waals surface area contributed by atoms with E-state index in [0.717, 1.165) is 0 Å². The van der Waals surface area contributed by atoms with Crippen LogP contribution in [0.3, 0.4) is 0 Å². The average Bonchev–Trinajstić information content (AvgIpc) is 2.48. The summed E-state index contributed by atoms with van der Waals surface area (Å²) in [4.78, 5) is 12.1. The van der Waals surface area contributed by atoms with Crippen molar-refractivity contribution in [2.45, 2.75) is 0 Å². The maximum atomic E-state index is 12.1. The van der Waals surface area contributed by atoms with Crippen LogP contribution in [-0.2, 0) is 0 Å². The van der Waals surface area contributed by atoms with E-state index < -0.39 is 0 Å². The molecule has 0 unspecified atom stereocenters. The molecule has 0 saturated carbocycles. The van der Waals surface area contributed by atoms with Crippen molar-refractivity contribution >= 4 is 23.2 Å². The average molecular weight is 301 g/mol. The summed E-state index contributed by atoms with van der Waals surface area (Å²) in [5.41, 5.74) is 6.95. The summed E-state index contributed by atoms with van der Waals surface area (Å²) in [6.45, 7) is 0.237. The van der Waals surface area contributed by atoms with E-state index >= 15 is 0 Å². The number of nitrogens with one attached hydrogen (secondary N) is 1. The summed E-state index contributed by atoms with van der Waals surface area (Å²) in [5, 5.41) is 12.4. The number of hydrogen-bond acceptors (Lipinski definition) is 3. The van der Waals surface area contributed by atoms with Crippen LogP contribution in [0.1, 0.15) is 15.9 Å². The number of rotatable bonds is 2. The first kappa shape index (κ1) is 14.9. The lowest BCUT2D eigenvalue weighted by Gasteiger charge is -2.07.